The number of ether oxygens (including phenoxy) is 2. The van der Waals surface area contributed by atoms with Crippen molar-refractivity contribution in [2.75, 3.05) is 6.61 Å². The third kappa shape index (κ3) is 5.24. The summed E-state index contributed by atoms with van der Waals surface area (Å²) in [6, 6.07) is 10.6. The lowest BCUT2D eigenvalue weighted by atomic mass is 9.97. The summed E-state index contributed by atoms with van der Waals surface area (Å²) in [4.78, 5) is 17.0. The molecule has 3 aromatic rings. The molecule has 4 nitrogen and oxygen atoms in total. The number of allylic oxidation sites excluding steroid dienone is 2. The van der Waals surface area contributed by atoms with Gasteiger partial charge in [0.1, 0.15) is 29.8 Å². The van der Waals surface area contributed by atoms with Crippen molar-refractivity contribution in [1.82, 2.24) is 4.98 Å². The number of rotatable bonds is 7. The van der Waals surface area contributed by atoms with Gasteiger partial charge in [-0.2, -0.15) is 0 Å². The van der Waals surface area contributed by atoms with E-state index in [0.717, 1.165) is 47.1 Å². The second-order valence-electron chi connectivity index (χ2n) is 8.53. The number of hydrogen-bond acceptors (Lipinski definition) is 4. The predicted octanol–water partition coefficient (Wildman–Crippen LogP) is 6.97. The molecule has 1 aliphatic rings. The molecule has 0 saturated heterocycles. The van der Waals surface area contributed by atoms with Crippen LogP contribution in [0.5, 0.6) is 5.75 Å². The van der Waals surface area contributed by atoms with E-state index in [-0.39, 0.29) is 24.5 Å². The first kappa shape index (κ1) is 24.5. The number of benzene rings is 2. The SMILES string of the molecule is CCOC(=O)c1nc(C2=C(c3cc(C)ccc3OCc3c(F)cc(F)cc3F)CCC2)ccc1C. The van der Waals surface area contributed by atoms with Gasteiger partial charge < -0.3 is 9.47 Å². The van der Waals surface area contributed by atoms with E-state index < -0.39 is 23.4 Å². The van der Waals surface area contributed by atoms with E-state index in [0.29, 0.717) is 23.6 Å². The van der Waals surface area contributed by atoms with Gasteiger partial charge in [0.2, 0.25) is 0 Å². The second kappa shape index (κ2) is 10.3. The van der Waals surface area contributed by atoms with Crippen LogP contribution in [0.4, 0.5) is 13.2 Å². The summed E-state index contributed by atoms with van der Waals surface area (Å²) in [7, 11) is 0. The average molecular weight is 482 g/mol. The summed E-state index contributed by atoms with van der Waals surface area (Å²) >= 11 is 0. The fraction of sp³-hybridized carbons (Fsp3) is 0.286. The molecule has 2 aromatic carbocycles. The molecule has 1 aromatic heterocycles. The molecular weight excluding hydrogens is 455 g/mol. The quantitative estimate of drug-likeness (QED) is 0.342. The lowest BCUT2D eigenvalue weighted by molar-refractivity contribution is 0.0518. The molecule has 0 N–H and O–H groups in total. The molecule has 7 heteroatoms. The molecule has 1 heterocycles. The largest absolute Gasteiger partial charge is 0.488 e. The summed E-state index contributed by atoms with van der Waals surface area (Å²) in [5, 5.41) is 0. The Morgan fingerprint density at radius 1 is 0.971 bits per heavy atom. The Morgan fingerprint density at radius 3 is 2.40 bits per heavy atom. The number of nitrogens with zero attached hydrogens (tertiary/aromatic N) is 1. The van der Waals surface area contributed by atoms with Crippen LogP contribution in [0.3, 0.4) is 0 Å². The van der Waals surface area contributed by atoms with Crippen molar-refractivity contribution < 1.29 is 27.4 Å². The van der Waals surface area contributed by atoms with Crippen molar-refractivity contribution in [2.45, 2.75) is 46.6 Å². The van der Waals surface area contributed by atoms with Crippen molar-refractivity contribution in [2.24, 2.45) is 0 Å². The number of carbonyl (C=O) groups excluding carboxylic acids is 1. The number of halogens is 3. The Bertz CT molecular complexity index is 1290. The van der Waals surface area contributed by atoms with Crippen LogP contribution in [0, 0.1) is 31.3 Å². The first-order valence-electron chi connectivity index (χ1n) is 11.5. The highest BCUT2D eigenvalue weighted by molar-refractivity contribution is 5.95. The van der Waals surface area contributed by atoms with E-state index in [1.807, 2.05) is 38.1 Å². The zero-order chi connectivity index (χ0) is 25.1. The molecule has 0 unspecified atom stereocenters. The van der Waals surface area contributed by atoms with Gasteiger partial charge in [-0.15, -0.1) is 0 Å². The third-order valence-corrected chi connectivity index (χ3v) is 6.03. The Hall–Kier alpha value is -3.61. The minimum absolute atomic E-state index is 0.261. The maximum absolute atomic E-state index is 14.1. The molecule has 0 aliphatic heterocycles. The van der Waals surface area contributed by atoms with Crippen LogP contribution < -0.4 is 4.74 Å². The molecule has 0 atom stereocenters. The van der Waals surface area contributed by atoms with Crippen molar-refractivity contribution >= 4 is 17.1 Å². The summed E-state index contributed by atoms with van der Waals surface area (Å²) < 4.78 is 52.6. The second-order valence-corrected chi connectivity index (χ2v) is 8.53. The Balaban J connectivity index is 1.72. The first-order valence-corrected chi connectivity index (χ1v) is 11.5. The molecule has 0 bridgehead atoms. The van der Waals surface area contributed by atoms with Gasteiger partial charge in [0, 0.05) is 17.7 Å². The van der Waals surface area contributed by atoms with E-state index in [1.165, 1.54) is 0 Å². The predicted molar refractivity (Wildman–Crippen MR) is 127 cm³/mol. The van der Waals surface area contributed by atoms with Crippen LogP contribution >= 0.6 is 0 Å². The number of esters is 1. The van der Waals surface area contributed by atoms with Crippen LogP contribution in [0.15, 0.2) is 42.5 Å². The monoisotopic (exact) mass is 481 g/mol. The van der Waals surface area contributed by atoms with E-state index >= 15 is 0 Å². The molecule has 182 valence electrons. The van der Waals surface area contributed by atoms with Gasteiger partial charge in [-0.1, -0.05) is 17.7 Å². The highest BCUT2D eigenvalue weighted by Gasteiger charge is 2.24. The van der Waals surface area contributed by atoms with E-state index in [1.54, 1.807) is 13.0 Å². The van der Waals surface area contributed by atoms with Gasteiger partial charge in [0.15, 0.2) is 5.69 Å². The summed E-state index contributed by atoms with van der Waals surface area (Å²) in [5.74, 6) is -2.96. The summed E-state index contributed by atoms with van der Waals surface area (Å²) in [5.41, 5.74) is 5.17. The lowest BCUT2D eigenvalue weighted by Crippen LogP contribution is -2.10. The fourth-order valence-corrected chi connectivity index (χ4v) is 4.29. The van der Waals surface area contributed by atoms with E-state index in [9.17, 15) is 18.0 Å². The van der Waals surface area contributed by atoms with Crippen LogP contribution in [-0.2, 0) is 11.3 Å². The van der Waals surface area contributed by atoms with Gasteiger partial charge in [0.05, 0.1) is 17.9 Å². The zero-order valence-electron chi connectivity index (χ0n) is 19.9. The Kier molecular flexibility index (Phi) is 7.24. The molecule has 1 aliphatic carbocycles. The summed E-state index contributed by atoms with van der Waals surface area (Å²) in [6.45, 7) is 5.39. The van der Waals surface area contributed by atoms with E-state index in [4.69, 9.17) is 9.47 Å². The van der Waals surface area contributed by atoms with E-state index in [2.05, 4.69) is 4.98 Å². The van der Waals surface area contributed by atoms with Crippen molar-refractivity contribution in [3.8, 4) is 5.75 Å². The molecule has 4 rings (SSSR count). The fourth-order valence-electron chi connectivity index (χ4n) is 4.29. The number of carbonyl (C=O) groups is 1. The molecule has 0 fully saturated rings. The minimum Gasteiger partial charge on any atom is -0.488 e. The number of pyridine rings is 1. The summed E-state index contributed by atoms with van der Waals surface area (Å²) in [6.07, 6.45) is 2.42. The number of aryl methyl sites for hydroxylation is 2. The normalized spacial score (nSPS) is 13.3. The number of hydrogen-bond donors (Lipinski definition) is 0. The number of aromatic nitrogens is 1. The highest BCUT2D eigenvalue weighted by Crippen LogP contribution is 2.43. The van der Waals surface area contributed by atoms with Crippen LogP contribution in [0.1, 0.15) is 64.6 Å². The Morgan fingerprint density at radius 2 is 1.69 bits per heavy atom. The van der Waals surface area contributed by atoms with Gasteiger partial charge in [-0.05, 0) is 74.9 Å². The van der Waals surface area contributed by atoms with Gasteiger partial charge >= 0.3 is 5.97 Å². The van der Waals surface area contributed by atoms with Crippen molar-refractivity contribution in [1.29, 1.82) is 0 Å². The molecular formula is C28H26F3NO3. The topological polar surface area (TPSA) is 48.4 Å². The van der Waals surface area contributed by atoms with Gasteiger partial charge in [-0.3, -0.25) is 0 Å². The van der Waals surface area contributed by atoms with Crippen molar-refractivity contribution in [3.05, 3.63) is 93.6 Å². The maximum atomic E-state index is 14.1. The first-order chi connectivity index (χ1) is 16.8. The van der Waals surface area contributed by atoms with Gasteiger partial charge in [-0.25, -0.2) is 22.9 Å². The van der Waals surface area contributed by atoms with Crippen molar-refractivity contribution in [3.63, 3.8) is 0 Å². The molecule has 0 amide bonds. The highest BCUT2D eigenvalue weighted by atomic mass is 19.1. The molecule has 0 spiro atoms. The van der Waals surface area contributed by atoms with Crippen LogP contribution in [0.25, 0.3) is 11.1 Å². The van der Waals surface area contributed by atoms with Gasteiger partial charge in [0.25, 0.3) is 0 Å². The zero-order valence-corrected chi connectivity index (χ0v) is 19.9. The molecule has 0 saturated carbocycles. The maximum Gasteiger partial charge on any atom is 0.357 e. The molecule has 0 radical (unpaired) electrons. The van der Waals surface area contributed by atoms with Crippen LogP contribution in [0.2, 0.25) is 0 Å². The average Bonchev–Trinajstić information content (AvgIpc) is 3.29. The Labute approximate surface area is 202 Å². The third-order valence-electron chi connectivity index (χ3n) is 6.03. The smallest absolute Gasteiger partial charge is 0.357 e. The minimum atomic E-state index is -0.993. The molecule has 35 heavy (non-hydrogen) atoms. The van der Waals surface area contributed by atoms with Crippen LogP contribution in [-0.4, -0.2) is 17.6 Å². The lowest BCUT2D eigenvalue weighted by Gasteiger charge is -2.16. The standard InChI is InChI=1S/C28H26F3NO3/c1-4-34-28(33)27-17(3)9-10-25(32-27)20-7-5-6-19(20)21-12-16(2)8-11-26(21)35-15-22-23(30)13-18(29)14-24(22)31/h8-14H,4-7,15H2,1-3H3.